The van der Waals surface area contributed by atoms with Gasteiger partial charge in [-0.25, -0.2) is 0 Å². The quantitative estimate of drug-likeness (QED) is 0.570. The molecule has 0 saturated heterocycles. The van der Waals surface area contributed by atoms with Crippen LogP contribution in [0.15, 0.2) is 0 Å². The predicted octanol–water partition coefficient (Wildman–Crippen LogP) is 1.36. The maximum absolute atomic E-state index is 10.1. The van der Waals surface area contributed by atoms with E-state index in [0.717, 1.165) is 31.4 Å². The highest BCUT2D eigenvalue weighted by molar-refractivity contribution is 7.99. The van der Waals surface area contributed by atoms with E-state index in [9.17, 15) is 4.79 Å². The Bertz CT molecular complexity index is 117. The van der Waals surface area contributed by atoms with Crippen molar-refractivity contribution in [2.45, 2.75) is 25.7 Å². The minimum Gasteiger partial charge on any atom is -0.481 e. The topological polar surface area (TPSA) is 57.5 Å². The van der Waals surface area contributed by atoms with Crippen LogP contribution < -0.4 is 0 Å². The number of aliphatic hydroxyl groups is 1. The third-order valence-corrected chi connectivity index (χ3v) is 2.45. The smallest absolute Gasteiger partial charge is 0.313 e. The molecule has 2 N–H and O–H groups in total. The van der Waals surface area contributed by atoms with Crippen molar-refractivity contribution in [3.8, 4) is 0 Å². The van der Waals surface area contributed by atoms with Crippen molar-refractivity contribution in [1.29, 1.82) is 0 Å². The molecule has 12 heavy (non-hydrogen) atoms. The minimum atomic E-state index is -0.740. The summed E-state index contributed by atoms with van der Waals surface area (Å²) >= 11 is 1.46. The van der Waals surface area contributed by atoms with Crippen LogP contribution in [0.3, 0.4) is 0 Å². The van der Waals surface area contributed by atoms with Gasteiger partial charge in [0.25, 0.3) is 0 Å². The van der Waals surface area contributed by atoms with Gasteiger partial charge in [0, 0.05) is 6.61 Å². The lowest BCUT2D eigenvalue weighted by Gasteiger charge is -1.98. The summed E-state index contributed by atoms with van der Waals surface area (Å²) in [4.78, 5) is 10.1. The fraction of sp³-hybridized carbons (Fsp3) is 0.875. The first-order valence-corrected chi connectivity index (χ1v) is 5.33. The molecule has 0 bridgehead atoms. The van der Waals surface area contributed by atoms with E-state index in [1.807, 2.05) is 0 Å². The molecule has 3 nitrogen and oxygen atoms in total. The summed E-state index contributed by atoms with van der Waals surface area (Å²) in [7, 11) is 0. The van der Waals surface area contributed by atoms with Crippen LogP contribution in [0.25, 0.3) is 0 Å². The third-order valence-electron chi connectivity index (χ3n) is 1.42. The molecule has 0 aliphatic carbocycles. The highest BCUT2D eigenvalue weighted by Crippen LogP contribution is 2.06. The van der Waals surface area contributed by atoms with Gasteiger partial charge in [-0.05, 0) is 18.6 Å². The number of hydrogen-bond acceptors (Lipinski definition) is 3. The second-order valence-electron chi connectivity index (χ2n) is 2.58. The van der Waals surface area contributed by atoms with Crippen molar-refractivity contribution in [2.24, 2.45) is 0 Å². The van der Waals surface area contributed by atoms with Crippen LogP contribution in [0.4, 0.5) is 0 Å². The maximum Gasteiger partial charge on any atom is 0.313 e. The molecule has 0 aromatic rings. The van der Waals surface area contributed by atoms with Gasteiger partial charge in [0.05, 0.1) is 5.75 Å². The first-order valence-electron chi connectivity index (χ1n) is 4.17. The van der Waals surface area contributed by atoms with Gasteiger partial charge in [-0.1, -0.05) is 12.8 Å². The van der Waals surface area contributed by atoms with Crippen LogP contribution in [-0.4, -0.2) is 34.3 Å². The van der Waals surface area contributed by atoms with Crippen LogP contribution in [0.2, 0.25) is 0 Å². The molecule has 72 valence electrons. The lowest BCUT2D eigenvalue weighted by molar-refractivity contribution is -0.133. The molecular formula is C8H16O3S. The van der Waals surface area contributed by atoms with Gasteiger partial charge < -0.3 is 10.2 Å². The fourth-order valence-corrected chi connectivity index (χ4v) is 1.56. The van der Waals surface area contributed by atoms with E-state index in [1.54, 1.807) is 0 Å². The van der Waals surface area contributed by atoms with Gasteiger partial charge in [-0.15, -0.1) is 0 Å². The Morgan fingerprint density at radius 3 is 2.42 bits per heavy atom. The average molecular weight is 192 g/mol. The van der Waals surface area contributed by atoms with E-state index in [0.29, 0.717) is 0 Å². The van der Waals surface area contributed by atoms with Crippen molar-refractivity contribution in [3.63, 3.8) is 0 Å². The van der Waals surface area contributed by atoms with Crippen LogP contribution in [-0.2, 0) is 4.79 Å². The lowest BCUT2D eigenvalue weighted by Crippen LogP contribution is -1.98. The zero-order valence-corrected chi connectivity index (χ0v) is 7.98. The summed E-state index contributed by atoms with van der Waals surface area (Å²) in [5.41, 5.74) is 0. The molecule has 0 aromatic carbocycles. The highest BCUT2D eigenvalue weighted by Gasteiger charge is 1.95. The molecule has 0 aliphatic rings. The van der Waals surface area contributed by atoms with E-state index in [2.05, 4.69) is 0 Å². The standard InChI is InChI=1S/C8H16O3S/c9-5-3-1-2-4-6-12-7-8(10)11/h9H,1-7H2,(H,10,11). The molecule has 0 aliphatic heterocycles. The molecule has 0 amide bonds. The Labute approximate surface area is 77.2 Å². The zero-order valence-electron chi connectivity index (χ0n) is 7.16. The molecule has 0 heterocycles. The molecule has 0 aromatic heterocycles. The Morgan fingerprint density at radius 2 is 1.83 bits per heavy atom. The van der Waals surface area contributed by atoms with E-state index < -0.39 is 5.97 Å². The summed E-state index contributed by atoms with van der Waals surface area (Å²) in [5.74, 6) is 0.382. The van der Waals surface area contributed by atoms with E-state index in [-0.39, 0.29) is 12.4 Å². The zero-order chi connectivity index (χ0) is 9.23. The van der Waals surface area contributed by atoms with E-state index >= 15 is 0 Å². The summed E-state index contributed by atoms with van der Waals surface area (Å²) < 4.78 is 0. The van der Waals surface area contributed by atoms with Gasteiger partial charge in [-0.3, -0.25) is 4.79 Å². The van der Waals surface area contributed by atoms with E-state index in [4.69, 9.17) is 10.2 Å². The van der Waals surface area contributed by atoms with Crippen molar-refractivity contribution >= 4 is 17.7 Å². The monoisotopic (exact) mass is 192 g/mol. The SMILES string of the molecule is O=C(O)CSCCCCCCO. The van der Waals surface area contributed by atoms with Crippen molar-refractivity contribution < 1.29 is 15.0 Å². The molecule has 0 saturated carbocycles. The van der Waals surface area contributed by atoms with Crippen LogP contribution in [0.5, 0.6) is 0 Å². The molecule has 0 fully saturated rings. The summed E-state index contributed by atoms with van der Waals surface area (Å²) in [6.45, 7) is 0.266. The fourth-order valence-electron chi connectivity index (χ4n) is 0.829. The summed E-state index contributed by atoms with van der Waals surface area (Å²) in [5, 5.41) is 16.8. The van der Waals surface area contributed by atoms with Crippen molar-refractivity contribution in [2.75, 3.05) is 18.1 Å². The summed E-state index contributed by atoms with van der Waals surface area (Å²) in [6, 6.07) is 0. The number of thioether (sulfide) groups is 1. The molecular weight excluding hydrogens is 176 g/mol. The summed E-state index contributed by atoms with van der Waals surface area (Å²) in [6.07, 6.45) is 4.05. The number of carbonyl (C=O) groups is 1. The number of aliphatic hydroxyl groups excluding tert-OH is 1. The van der Waals surface area contributed by atoms with Crippen LogP contribution in [0.1, 0.15) is 25.7 Å². The Morgan fingerprint density at radius 1 is 1.17 bits per heavy atom. The number of aliphatic carboxylic acids is 1. The normalized spacial score (nSPS) is 10.1. The number of carboxylic acid groups (broad SMARTS) is 1. The van der Waals surface area contributed by atoms with Gasteiger partial charge in [0.15, 0.2) is 0 Å². The second kappa shape index (κ2) is 8.87. The second-order valence-corrected chi connectivity index (χ2v) is 3.69. The van der Waals surface area contributed by atoms with Gasteiger partial charge in [0.2, 0.25) is 0 Å². The minimum absolute atomic E-state index is 0.208. The number of hydrogen-bond donors (Lipinski definition) is 2. The molecule has 0 spiro atoms. The van der Waals surface area contributed by atoms with Crippen LogP contribution in [0, 0.1) is 0 Å². The van der Waals surface area contributed by atoms with Crippen molar-refractivity contribution in [1.82, 2.24) is 0 Å². The van der Waals surface area contributed by atoms with Crippen molar-refractivity contribution in [3.05, 3.63) is 0 Å². The average Bonchev–Trinajstić information content (AvgIpc) is 2.02. The highest BCUT2D eigenvalue weighted by atomic mass is 32.2. The lowest BCUT2D eigenvalue weighted by atomic mass is 10.2. The van der Waals surface area contributed by atoms with Crippen LogP contribution >= 0.6 is 11.8 Å². The molecule has 0 atom stereocenters. The third kappa shape index (κ3) is 9.78. The Hall–Kier alpha value is -0.220. The molecule has 0 rings (SSSR count). The number of rotatable bonds is 8. The molecule has 0 radical (unpaired) electrons. The number of carboxylic acids is 1. The van der Waals surface area contributed by atoms with E-state index in [1.165, 1.54) is 11.8 Å². The molecule has 4 heteroatoms. The molecule has 0 unspecified atom stereocenters. The maximum atomic E-state index is 10.1. The first-order chi connectivity index (χ1) is 5.77. The Kier molecular flexibility index (Phi) is 8.71. The van der Waals surface area contributed by atoms with Gasteiger partial charge in [-0.2, -0.15) is 11.8 Å². The first kappa shape index (κ1) is 11.8. The number of unbranched alkanes of at least 4 members (excludes halogenated alkanes) is 3. The van der Waals surface area contributed by atoms with Gasteiger partial charge in [0.1, 0.15) is 0 Å². The Balaban J connectivity index is 2.86. The predicted molar refractivity (Wildman–Crippen MR) is 50.5 cm³/mol. The largest absolute Gasteiger partial charge is 0.481 e. The van der Waals surface area contributed by atoms with Gasteiger partial charge >= 0.3 is 5.97 Å².